The van der Waals surface area contributed by atoms with Gasteiger partial charge in [0, 0.05) is 13.1 Å². The molecule has 1 saturated heterocycles. The fraction of sp³-hybridized carbons (Fsp3) is 0.714. The number of rotatable bonds is 3. The van der Waals surface area contributed by atoms with Crippen molar-refractivity contribution >= 4 is 0 Å². The van der Waals surface area contributed by atoms with Crippen LogP contribution in [0.25, 0.3) is 0 Å². The molecule has 2 aliphatic rings. The normalized spacial score (nSPS) is 28.8. The number of hydrogen-bond acceptors (Lipinski definition) is 3. The van der Waals surface area contributed by atoms with E-state index in [-0.39, 0.29) is 0 Å². The largest absolute Gasteiger partial charge is 0.463 e. The first kappa shape index (κ1) is 11.3. The first-order valence-electron chi connectivity index (χ1n) is 6.77. The maximum Gasteiger partial charge on any atom is 0.120 e. The Hall–Kier alpha value is -0.800. The molecule has 2 unspecified atom stereocenters. The summed E-state index contributed by atoms with van der Waals surface area (Å²) in [5.74, 6) is 3.95. The predicted molar refractivity (Wildman–Crippen MR) is 67.4 cm³/mol. The van der Waals surface area contributed by atoms with E-state index in [0.717, 1.165) is 29.9 Å². The third kappa shape index (κ3) is 2.14. The van der Waals surface area contributed by atoms with Gasteiger partial charge in [0.2, 0.25) is 0 Å². The van der Waals surface area contributed by atoms with Crippen LogP contribution >= 0.6 is 0 Å². The van der Waals surface area contributed by atoms with Gasteiger partial charge in [0.05, 0.1) is 13.1 Å². The Morgan fingerprint density at radius 2 is 2.06 bits per heavy atom. The SMILES string of the molecule is Cc1cc(CN2CC3CCCC3C2)oc1CN. The van der Waals surface area contributed by atoms with Crippen LogP contribution in [0.5, 0.6) is 0 Å². The van der Waals surface area contributed by atoms with Crippen LogP contribution in [-0.4, -0.2) is 18.0 Å². The molecule has 1 saturated carbocycles. The maximum absolute atomic E-state index is 5.78. The minimum atomic E-state index is 0.511. The van der Waals surface area contributed by atoms with E-state index in [2.05, 4.69) is 17.9 Å². The standard InChI is InChI=1S/C14H22N2O/c1-10-5-13(17-14(10)6-15)9-16-7-11-3-2-4-12(11)8-16/h5,11-12H,2-4,6-9,15H2,1H3. The van der Waals surface area contributed by atoms with E-state index in [1.807, 2.05) is 0 Å². The van der Waals surface area contributed by atoms with Crippen molar-refractivity contribution in [1.82, 2.24) is 4.90 Å². The highest BCUT2D eigenvalue weighted by molar-refractivity contribution is 5.20. The molecule has 1 aliphatic carbocycles. The topological polar surface area (TPSA) is 42.4 Å². The van der Waals surface area contributed by atoms with Gasteiger partial charge in [-0.05, 0) is 43.2 Å². The Kier molecular flexibility index (Phi) is 2.97. The summed E-state index contributed by atoms with van der Waals surface area (Å²) in [6.07, 6.45) is 4.32. The second kappa shape index (κ2) is 4.46. The Balaban J connectivity index is 1.63. The van der Waals surface area contributed by atoms with Crippen LogP contribution in [0.3, 0.4) is 0 Å². The Morgan fingerprint density at radius 1 is 1.35 bits per heavy atom. The Labute approximate surface area is 103 Å². The minimum Gasteiger partial charge on any atom is -0.463 e. The summed E-state index contributed by atoms with van der Waals surface area (Å²) in [6.45, 7) is 6.09. The predicted octanol–water partition coefficient (Wildman–Crippen LogP) is 2.28. The molecule has 2 fully saturated rings. The lowest BCUT2D eigenvalue weighted by molar-refractivity contribution is 0.272. The summed E-state index contributed by atoms with van der Waals surface area (Å²) in [5.41, 5.74) is 6.84. The molecule has 1 aromatic heterocycles. The molecule has 3 rings (SSSR count). The van der Waals surface area contributed by atoms with E-state index in [1.54, 1.807) is 0 Å². The molecular formula is C14H22N2O. The number of furan rings is 1. The quantitative estimate of drug-likeness (QED) is 0.872. The molecule has 0 aromatic carbocycles. The fourth-order valence-electron chi connectivity index (χ4n) is 3.55. The highest BCUT2D eigenvalue weighted by Gasteiger charge is 2.36. The molecule has 1 aliphatic heterocycles. The first-order chi connectivity index (χ1) is 8.26. The van der Waals surface area contributed by atoms with Crippen LogP contribution < -0.4 is 5.73 Å². The van der Waals surface area contributed by atoms with Crippen LogP contribution in [0.15, 0.2) is 10.5 Å². The van der Waals surface area contributed by atoms with Crippen molar-refractivity contribution in [2.75, 3.05) is 13.1 Å². The average Bonchev–Trinajstić information content (AvgIpc) is 2.93. The molecule has 0 amide bonds. The number of nitrogens with two attached hydrogens (primary N) is 1. The molecule has 2 atom stereocenters. The van der Waals surface area contributed by atoms with Gasteiger partial charge in [-0.1, -0.05) is 6.42 Å². The summed E-state index contributed by atoms with van der Waals surface area (Å²) >= 11 is 0. The second-order valence-electron chi connectivity index (χ2n) is 5.67. The number of hydrogen-bond donors (Lipinski definition) is 1. The van der Waals surface area contributed by atoms with Crippen LogP contribution in [0.4, 0.5) is 0 Å². The summed E-state index contributed by atoms with van der Waals surface area (Å²) in [6, 6.07) is 2.15. The van der Waals surface area contributed by atoms with Crippen molar-refractivity contribution in [2.24, 2.45) is 17.6 Å². The summed E-state index contributed by atoms with van der Waals surface area (Å²) in [7, 11) is 0. The highest BCUT2D eigenvalue weighted by Crippen LogP contribution is 2.38. The molecule has 0 radical (unpaired) electrons. The number of aryl methyl sites for hydroxylation is 1. The van der Waals surface area contributed by atoms with Gasteiger partial charge in [-0.2, -0.15) is 0 Å². The van der Waals surface area contributed by atoms with Gasteiger partial charge in [-0.3, -0.25) is 4.90 Å². The highest BCUT2D eigenvalue weighted by atomic mass is 16.3. The van der Waals surface area contributed by atoms with E-state index >= 15 is 0 Å². The van der Waals surface area contributed by atoms with Gasteiger partial charge in [0.1, 0.15) is 11.5 Å². The smallest absolute Gasteiger partial charge is 0.120 e. The minimum absolute atomic E-state index is 0.511. The molecule has 2 N–H and O–H groups in total. The fourth-order valence-corrected chi connectivity index (χ4v) is 3.55. The van der Waals surface area contributed by atoms with Gasteiger partial charge in [-0.15, -0.1) is 0 Å². The molecule has 0 spiro atoms. The lowest BCUT2D eigenvalue weighted by Gasteiger charge is -2.14. The monoisotopic (exact) mass is 234 g/mol. The number of fused-ring (bicyclic) bond motifs is 1. The second-order valence-corrected chi connectivity index (χ2v) is 5.67. The zero-order chi connectivity index (χ0) is 11.8. The molecule has 94 valence electrons. The average molecular weight is 234 g/mol. The maximum atomic E-state index is 5.78. The van der Waals surface area contributed by atoms with Gasteiger partial charge in [0.15, 0.2) is 0 Å². The third-order valence-electron chi connectivity index (χ3n) is 4.44. The van der Waals surface area contributed by atoms with Gasteiger partial charge in [0.25, 0.3) is 0 Å². The van der Waals surface area contributed by atoms with Crippen molar-refractivity contribution in [3.8, 4) is 0 Å². The Bertz CT molecular complexity index is 387. The molecule has 2 heterocycles. The van der Waals surface area contributed by atoms with Crippen molar-refractivity contribution in [2.45, 2.75) is 39.3 Å². The zero-order valence-corrected chi connectivity index (χ0v) is 10.6. The van der Waals surface area contributed by atoms with Gasteiger partial charge >= 0.3 is 0 Å². The van der Waals surface area contributed by atoms with Gasteiger partial charge in [-0.25, -0.2) is 0 Å². The number of likely N-dealkylation sites (tertiary alicyclic amines) is 1. The van der Waals surface area contributed by atoms with Crippen molar-refractivity contribution in [3.05, 3.63) is 23.2 Å². The molecular weight excluding hydrogens is 212 g/mol. The third-order valence-corrected chi connectivity index (χ3v) is 4.44. The van der Waals surface area contributed by atoms with Crippen LogP contribution in [0.2, 0.25) is 0 Å². The molecule has 3 heteroatoms. The van der Waals surface area contributed by atoms with Crippen LogP contribution in [-0.2, 0) is 13.1 Å². The van der Waals surface area contributed by atoms with Crippen LogP contribution in [0, 0.1) is 18.8 Å². The van der Waals surface area contributed by atoms with Crippen LogP contribution in [0.1, 0.15) is 36.3 Å². The van der Waals surface area contributed by atoms with E-state index in [4.69, 9.17) is 10.2 Å². The van der Waals surface area contributed by atoms with Crippen molar-refractivity contribution < 1.29 is 4.42 Å². The molecule has 17 heavy (non-hydrogen) atoms. The van der Waals surface area contributed by atoms with Gasteiger partial charge < -0.3 is 10.2 Å². The molecule has 1 aromatic rings. The lowest BCUT2D eigenvalue weighted by atomic mass is 10.0. The van der Waals surface area contributed by atoms with E-state index in [9.17, 15) is 0 Å². The van der Waals surface area contributed by atoms with Crippen molar-refractivity contribution in [1.29, 1.82) is 0 Å². The summed E-state index contributed by atoms with van der Waals surface area (Å²) in [5, 5.41) is 0. The zero-order valence-electron chi connectivity index (χ0n) is 10.6. The molecule has 0 bridgehead atoms. The summed E-state index contributed by atoms with van der Waals surface area (Å²) in [4.78, 5) is 2.55. The van der Waals surface area contributed by atoms with E-state index in [0.29, 0.717) is 6.54 Å². The Morgan fingerprint density at radius 3 is 2.65 bits per heavy atom. The number of nitrogens with zero attached hydrogens (tertiary/aromatic N) is 1. The molecule has 3 nitrogen and oxygen atoms in total. The first-order valence-corrected chi connectivity index (χ1v) is 6.77. The van der Waals surface area contributed by atoms with Crippen molar-refractivity contribution in [3.63, 3.8) is 0 Å². The van der Waals surface area contributed by atoms with E-state index in [1.165, 1.54) is 37.9 Å². The lowest BCUT2D eigenvalue weighted by Crippen LogP contribution is -2.20. The summed E-state index contributed by atoms with van der Waals surface area (Å²) < 4.78 is 5.78. The van der Waals surface area contributed by atoms with E-state index < -0.39 is 0 Å².